The van der Waals surface area contributed by atoms with Gasteiger partial charge < -0.3 is 5.11 Å². The van der Waals surface area contributed by atoms with Crippen molar-refractivity contribution in [3.8, 4) is 0 Å². The zero-order valence-corrected chi connectivity index (χ0v) is 7.86. The number of carbonyl (C=O) groups is 1. The van der Waals surface area contributed by atoms with Crippen LogP contribution >= 0.6 is 0 Å². The van der Waals surface area contributed by atoms with Crippen LogP contribution in [0.3, 0.4) is 0 Å². The Morgan fingerprint density at radius 3 is 2.86 bits per heavy atom. The molecule has 1 aliphatic rings. The summed E-state index contributed by atoms with van der Waals surface area (Å²) in [6.45, 7) is 3.69. The van der Waals surface area contributed by atoms with E-state index in [1.807, 2.05) is 18.2 Å². The number of hydrogen-bond acceptors (Lipinski definition) is 1. The summed E-state index contributed by atoms with van der Waals surface area (Å²) in [5.74, 6) is -0.925. The van der Waals surface area contributed by atoms with Crippen molar-refractivity contribution in [2.45, 2.75) is 12.8 Å². The van der Waals surface area contributed by atoms with Gasteiger partial charge in [0, 0.05) is 1.43 Å². The lowest BCUT2D eigenvalue weighted by Gasteiger charge is -1.99. The molecule has 1 atom stereocenters. The van der Waals surface area contributed by atoms with Crippen molar-refractivity contribution in [2.24, 2.45) is 5.92 Å². The highest BCUT2D eigenvalue weighted by Gasteiger charge is 2.26. The van der Waals surface area contributed by atoms with Gasteiger partial charge in [0.1, 0.15) is 0 Å². The van der Waals surface area contributed by atoms with Crippen molar-refractivity contribution in [1.29, 1.82) is 0 Å². The second-order valence-corrected chi connectivity index (χ2v) is 3.68. The molecule has 0 aliphatic heterocycles. The molecule has 2 nitrogen and oxygen atoms in total. The number of benzene rings is 1. The van der Waals surface area contributed by atoms with Gasteiger partial charge in [0.25, 0.3) is 0 Å². The molecule has 74 valence electrons. The maximum atomic E-state index is 10.8. The third-order valence-electron chi connectivity index (χ3n) is 2.75. The SMILES string of the molecule is C=Cc1ccc2c(c1)CC(C(=O)O)C2.[HH]. The highest BCUT2D eigenvalue weighted by Crippen LogP contribution is 2.27. The monoisotopic (exact) mass is 190 g/mol. The summed E-state index contributed by atoms with van der Waals surface area (Å²) in [6.07, 6.45) is 3.11. The largest absolute Gasteiger partial charge is 0.481 e. The van der Waals surface area contributed by atoms with E-state index in [9.17, 15) is 4.79 Å². The first-order valence-electron chi connectivity index (χ1n) is 4.67. The molecule has 0 saturated heterocycles. The molecule has 0 heterocycles. The van der Waals surface area contributed by atoms with Crippen LogP contribution in [0.5, 0.6) is 0 Å². The molecule has 0 aromatic heterocycles. The minimum Gasteiger partial charge on any atom is -0.481 e. The minimum atomic E-state index is -0.693. The summed E-state index contributed by atoms with van der Waals surface area (Å²) >= 11 is 0. The normalized spacial score (nSPS) is 19.0. The Labute approximate surface area is 84.4 Å². The quantitative estimate of drug-likeness (QED) is 0.777. The summed E-state index contributed by atoms with van der Waals surface area (Å²) in [5.41, 5.74) is 3.40. The van der Waals surface area contributed by atoms with E-state index < -0.39 is 5.97 Å². The van der Waals surface area contributed by atoms with Crippen molar-refractivity contribution in [2.75, 3.05) is 0 Å². The van der Waals surface area contributed by atoms with E-state index in [0.717, 1.165) is 11.1 Å². The molecule has 0 bridgehead atoms. The first-order valence-corrected chi connectivity index (χ1v) is 4.67. The summed E-state index contributed by atoms with van der Waals surface area (Å²) in [5, 5.41) is 8.89. The van der Waals surface area contributed by atoms with Gasteiger partial charge in [0.15, 0.2) is 0 Å². The van der Waals surface area contributed by atoms with Crippen LogP contribution in [0.2, 0.25) is 0 Å². The molecule has 1 N–H and O–H groups in total. The van der Waals surface area contributed by atoms with Crippen LogP contribution in [0.4, 0.5) is 0 Å². The second-order valence-electron chi connectivity index (χ2n) is 3.68. The van der Waals surface area contributed by atoms with E-state index in [0.29, 0.717) is 12.8 Å². The van der Waals surface area contributed by atoms with Gasteiger partial charge in [-0.15, -0.1) is 0 Å². The highest BCUT2D eigenvalue weighted by molar-refractivity contribution is 5.72. The van der Waals surface area contributed by atoms with E-state index in [2.05, 4.69) is 6.58 Å². The third-order valence-corrected chi connectivity index (χ3v) is 2.75. The summed E-state index contributed by atoms with van der Waals surface area (Å²) in [6, 6.07) is 6.02. The molecule has 2 heteroatoms. The average molecular weight is 190 g/mol. The number of fused-ring (bicyclic) bond motifs is 1. The first-order chi connectivity index (χ1) is 6.70. The van der Waals surface area contributed by atoms with Crippen molar-refractivity contribution in [3.63, 3.8) is 0 Å². The lowest BCUT2D eigenvalue weighted by atomic mass is 10.1. The van der Waals surface area contributed by atoms with Gasteiger partial charge in [-0.3, -0.25) is 4.79 Å². The second kappa shape index (κ2) is 3.29. The molecule has 1 unspecified atom stereocenters. The van der Waals surface area contributed by atoms with Crippen LogP contribution in [-0.2, 0) is 17.6 Å². The lowest BCUT2D eigenvalue weighted by Crippen LogP contribution is -2.12. The predicted molar refractivity (Wildman–Crippen MR) is 57.2 cm³/mol. The van der Waals surface area contributed by atoms with Gasteiger partial charge in [0.05, 0.1) is 5.92 Å². The third kappa shape index (κ3) is 1.43. The summed E-state index contributed by atoms with van der Waals surface area (Å²) < 4.78 is 0. The Morgan fingerprint density at radius 2 is 2.21 bits per heavy atom. The minimum absolute atomic E-state index is 0. The first kappa shape index (κ1) is 9.00. The Kier molecular flexibility index (Phi) is 2.12. The van der Waals surface area contributed by atoms with Gasteiger partial charge in [-0.25, -0.2) is 0 Å². The van der Waals surface area contributed by atoms with E-state index in [1.165, 1.54) is 5.56 Å². The number of hydrogen-bond donors (Lipinski definition) is 1. The molecule has 0 spiro atoms. The summed E-state index contributed by atoms with van der Waals surface area (Å²) in [7, 11) is 0. The van der Waals surface area contributed by atoms with Crippen molar-refractivity contribution in [1.82, 2.24) is 0 Å². The fraction of sp³-hybridized carbons (Fsp3) is 0.250. The van der Waals surface area contributed by atoms with Gasteiger partial charge in [-0.05, 0) is 29.5 Å². The van der Waals surface area contributed by atoms with Crippen LogP contribution < -0.4 is 0 Å². The number of rotatable bonds is 2. The zero-order chi connectivity index (χ0) is 10.1. The van der Waals surface area contributed by atoms with Crippen molar-refractivity contribution >= 4 is 12.0 Å². The van der Waals surface area contributed by atoms with E-state index in [4.69, 9.17) is 5.11 Å². The van der Waals surface area contributed by atoms with Crippen LogP contribution in [0, 0.1) is 5.92 Å². The maximum Gasteiger partial charge on any atom is 0.307 e. The smallest absolute Gasteiger partial charge is 0.307 e. The van der Waals surface area contributed by atoms with Crippen LogP contribution in [0.25, 0.3) is 6.08 Å². The number of carboxylic acids is 1. The maximum absolute atomic E-state index is 10.8. The molecule has 14 heavy (non-hydrogen) atoms. The molecule has 0 radical (unpaired) electrons. The van der Waals surface area contributed by atoms with Crippen molar-refractivity contribution < 1.29 is 11.3 Å². The fourth-order valence-corrected chi connectivity index (χ4v) is 1.94. The van der Waals surface area contributed by atoms with E-state index in [1.54, 1.807) is 6.08 Å². The van der Waals surface area contributed by atoms with E-state index >= 15 is 0 Å². The standard InChI is InChI=1S/C12H12O2.H2/c1-2-8-3-4-9-6-11(12(13)14)7-10(9)5-8;/h2-5,11H,1,6-7H2,(H,13,14);1H. The van der Waals surface area contributed by atoms with Gasteiger partial charge in [-0.2, -0.15) is 0 Å². The van der Waals surface area contributed by atoms with Gasteiger partial charge >= 0.3 is 5.97 Å². The topological polar surface area (TPSA) is 37.3 Å². The number of carboxylic acid groups (broad SMARTS) is 1. The zero-order valence-electron chi connectivity index (χ0n) is 7.86. The van der Waals surface area contributed by atoms with Gasteiger partial charge in [0.2, 0.25) is 0 Å². The Bertz CT molecular complexity index is 399. The molecule has 1 aliphatic carbocycles. The molecular formula is C12H14O2. The number of aliphatic carboxylic acids is 1. The average Bonchev–Trinajstić information content (AvgIpc) is 2.59. The van der Waals surface area contributed by atoms with Crippen LogP contribution in [0.15, 0.2) is 24.8 Å². The molecule has 1 aromatic carbocycles. The predicted octanol–water partition coefficient (Wildman–Crippen LogP) is 2.38. The molecule has 1 aromatic rings. The highest BCUT2D eigenvalue weighted by atomic mass is 16.4. The molecule has 0 fully saturated rings. The Hall–Kier alpha value is -1.57. The van der Waals surface area contributed by atoms with Crippen LogP contribution in [-0.4, -0.2) is 11.1 Å². The summed E-state index contributed by atoms with van der Waals surface area (Å²) in [4.78, 5) is 10.8. The Balaban J connectivity index is 0.00000112. The van der Waals surface area contributed by atoms with Crippen molar-refractivity contribution in [3.05, 3.63) is 41.5 Å². The van der Waals surface area contributed by atoms with E-state index in [-0.39, 0.29) is 7.34 Å². The van der Waals surface area contributed by atoms with Crippen LogP contribution in [0.1, 0.15) is 18.1 Å². The molecule has 2 rings (SSSR count). The molecule has 0 saturated carbocycles. The Morgan fingerprint density at radius 1 is 1.50 bits per heavy atom. The fourth-order valence-electron chi connectivity index (χ4n) is 1.94. The molecule has 0 amide bonds. The molecular weight excluding hydrogens is 176 g/mol. The lowest BCUT2D eigenvalue weighted by molar-refractivity contribution is -0.141. The van der Waals surface area contributed by atoms with Gasteiger partial charge in [-0.1, -0.05) is 30.9 Å².